The number of hydrogen-bond donors (Lipinski definition) is 0. The van der Waals surface area contributed by atoms with E-state index in [1.54, 1.807) is 0 Å². The van der Waals surface area contributed by atoms with Crippen molar-refractivity contribution < 1.29 is 8.83 Å². The van der Waals surface area contributed by atoms with Gasteiger partial charge in [0.25, 0.3) is 0 Å². The van der Waals surface area contributed by atoms with Crippen molar-refractivity contribution in [1.82, 2.24) is 15.0 Å². The van der Waals surface area contributed by atoms with E-state index >= 15 is 0 Å². The molecule has 290 valence electrons. The zero-order valence-electron chi connectivity index (χ0n) is 33.4. The summed E-state index contributed by atoms with van der Waals surface area (Å²) in [5.74, 6) is 1.76. The highest BCUT2D eigenvalue weighted by Gasteiger charge is 2.20. The molecule has 0 atom stereocenters. The van der Waals surface area contributed by atoms with E-state index < -0.39 is 0 Å². The van der Waals surface area contributed by atoms with E-state index in [1.807, 2.05) is 30.3 Å². The Morgan fingerprint density at radius 3 is 1.37 bits per heavy atom. The fourth-order valence-corrected chi connectivity index (χ4v) is 8.75. The van der Waals surface area contributed by atoms with Crippen LogP contribution in [0.2, 0.25) is 0 Å². The molecule has 0 unspecified atom stereocenters. The van der Waals surface area contributed by atoms with E-state index in [4.69, 9.17) is 23.8 Å². The summed E-state index contributed by atoms with van der Waals surface area (Å²) in [7, 11) is 0. The van der Waals surface area contributed by atoms with Gasteiger partial charge in [0, 0.05) is 43.8 Å². The summed E-state index contributed by atoms with van der Waals surface area (Å²) in [6.07, 6.45) is 0. The molecule has 0 aliphatic heterocycles. The maximum atomic E-state index is 6.68. The Balaban J connectivity index is 0.976. The average molecular weight is 794 g/mol. The van der Waals surface area contributed by atoms with Crippen LogP contribution < -0.4 is 0 Å². The highest BCUT2D eigenvalue weighted by atomic mass is 16.3. The standard InChI is InChI=1S/C57H35N3O2/c1-3-13-36(14-4-1)38-25-29-40(30-26-38)55-58-56(41-31-27-39(28-32-41)37-15-5-2-6-16-37)60-57(59-55)42-33-34-49-52(35-42)61-51-24-12-20-46(53(49)51)43-17-7-8-18-44(43)47-21-11-22-48-45-19-9-10-23-50(45)62-54(47)48/h1-35H. The third-order valence-electron chi connectivity index (χ3n) is 11.8. The zero-order valence-corrected chi connectivity index (χ0v) is 33.4. The van der Waals surface area contributed by atoms with Crippen LogP contribution in [0, 0.1) is 0 Å². The Bertz CT molecular complexity index is 3510. The summed E-state index contributed by atoms with van der Waals surface area (Å²) in [5, 5.41) is 4.27. The Morgan fingerprint density at radius 2 is 0.710 bits per heavy atom. The third-order valence-corrected chi connectivity index (χ3v) is 11.8. The van der Waals surface area contributed by atoms with Crippen molar-refractivity contribution in [1.29, 1.82) is 0 Å². The van der Waals surface area contributed by atoms with Crippen LogP contribution in [0.3, 0.4) is 0 Å². The number of fused-ring (bicyclic) bond motifs is 6. The molecule has 5 nitrogen and oxygen atoms in total. The fourth-order valence-electron chi connectivity index (χ4n) is 8.75. The molecule has 5 heteroatoms. The SMILES string of the molecule is c1ccc(-c2ccc(-c3nc(-c4ccc(-c5ccccc5)cc4)nc(-c4ccc5c(c4)oc4cccc(-c6ccccc6-c6cccc7c6oc6ccccc67)c45)n3)cc2)cc1. The van der Waals surface area contributed by atoms with Crippen molar-refractivity contribution >= 4 is 43.9 Å². The van der Waals surface area contributed by atoms with Gasteiger partial charge in [-0.3, -0.25) is 0 Å². The highest BCUT2D eigenvalue weighted by Crippen LogP contribution is 2.44. The number of rotatable bonds is 7. The minimum atomic E-state index is 0.566. The topological polar surface area (TPSA) is 65.0 Å². The molecule has 0 radical (unpaired) electrons. The first kappa shape index (κ1) is 35.5. The quantitative estimate of drug-likeness (QED) is 0.161. The first-order valence-corrected chi connectivity index (χ1v) is 20.8. The number of hydrogen-bond acceptors (Lipinski definition) is 5. The van der Waals surface area contributed by atoms with Gasteiger partial charge in [-0.1, -0.05) is 188 Å². The van der Waals surface area contributed by atoms with E-state index in [0.717, 1.165) is 105 Å². The van der Waals surface area contributed by atoms with Gasteiger partial charge in [-0.2, -0.15) is 0 Å². The lowest BCUT2D eigenvalue weighted by Gasteiger charge is -2.12. The molecule has 62 heavy (non-hydrogen) atoms. The van der Waals surface area contributed by atoms with Crippen LogP contribution in [-0.2, 0) is 0 Å². The van der Waals surface area contributed by atoms with E-state index in [1.165, 1.54) is 0 Å². The molecule has 0 aliphatic carbocycles. The Labute approximate surface area is 357 Å². The van der Waals surface area contributed by atoms with Gasteiger partial charge in [-0.25, -0.2) is 15.0 Å². The molecule has 0 saturated carbocycles. The smallest absolute Gasteiger partial charge is 0.164 e. The summed E-state index contributed by atoms with van der Waals surface area (Å²) < 4.78 is 13.2. The van der Waals surface area contributed by atoms with Crippen molar-refractivity contribution in [2.45, 2.75) is 0 Å². The molecular weight excluding hydrogens is 759 g/mol. The van der Waals surface area contributed by atoms with Crippen molar-refractivity contribution in [2.24, 2.45) is 0 Å². The highest BCUT2D eigenvalue weighted by molar-refractivity contribution is 6.16. The van der Waals surface area contributed by atoms with E-state index in [9.17, 15) is 0 Å². The minimum absolute atomic E-state index is 0.566. The molecule has 9 aromatic carbocycles. The Hall–Kier alpha value is -8.41. The number of aromatic nitrogens is 3. The molecule has 0 bridgehead atoms. The molecule has 3 heterocycles. The maximum Gasteiger partial charge on any atom is 0.164 e. The molecule has 3 aromatic heterocycles. The fraction of sp³-hybridized carbons (Fsp3) is 0. The second-order valence-electron chi connectivity index (χ2n) is 15.5. The van der Waals surface area contributed by atoms with E-state index in [0.29, 0.717) is 17.5 Å². The van der Waals surface area contributed by atoms with Crippen LogP contribution in [-0.4, -0.2) is 15.0 Å². The summed E-state index contributed by atoms with van der Waals surface area (Å²) in [6.45, 7) is 0. The summed E-state index contributed by atoms with van der Waals surface area (Å²) in [6, 6.07) is 73.3. The van der Waals surface area contributed by atoms with Gasteiger partial charge >= 0.3 is 0 Å². The molecule has 0 aliphatic rings. The summed E-state index contributed by atoms with van der Waals surface area (Å²) in [4.78, 5) is 15.3. The van der Waals surface area contributed by atoms with Gasteiger partial charge in [0.05, 0.1) is 0 Å². The zero-order chi connectivity index (χ0) is 41.0. The molecular formula is C57H35N3O2. The Kier molecular flexibility index (Phi) is 8.42. The second-order valence-corrected chi connectivity index (χ2v) is 15.5. The molecule has 0 N–H and O–H groups in total. The van der Waals surface area contributed by atoms with Gasteiger partial charge in [0.1, 0.15) is 22.3 Å². The van der Waals surface area contributed by atoms with Crippen molar-refractivity contribution in [3.63, 3.8) is 0 Å². The van der Waals surface area contributed by atoms with E-state index in [2.05, 4.69) is 182 Å². The summed E-state index contributed by atoms with van der Waals surface area (Å²) >= 11 is 0. The third kappa shape index (κ3) is 6.14. The van der Waals surface area contributed by atoms with E-state index in [-0.39, 0.29) is 0 Å². The van der Waals surface area contributed by atoms with Crippen molar-refractivity contribution in [3.05, 3.63) is 212 Å². The number of para-hydroxylation sites is 2. The Morgan fingerprint density at radius 1 is 0.258 bits per heavy atom. The van der Waals surface area contributed by atoms with Gasteiger partial charge in [-0.05, 0) is 63.2 Å². The maximum absolute atomic E-state index is 6.68. The van der Waals surface area contributed by atoms with Crippen LogP contribution >= 0.6 is 0 Å². The normalized spacial score (nSPS) is 11.5. The lowest BCUT2D eigenvalue weighted by atomic mass is 9.91. The predicted octanol–water partition coefficient (Wildman–Crippen LogP) is 15.3. The molecule has 0 saturated heterocycles. The van der Waals surface area contributed by atoms with Crippen LogP contribution in [0.1, 0.15) is 0 Å². The first-order valence-electron chi connectivity index (χ1n) is 20.8. The van der Waals surface area contributed by atoms with Crippen molar-refractivity contribution in [2.75, 3.05) is 0 Å². The lowest BCUT2D eigenvalue weighted by Crippen LogP contribution is -2.00. The van der Waals surface area contributed by atoms with Crippen LogP contribution in [0.4, 0.5) is 0 Å². The molecule has 12 rings (SSSR count). The van der Waals surface area contributed by atoms with Crippen molar-refractivity contribution in [3.8, 4) is 78.7 Å². The molecule has 0 spiro atoms. The monoisotopic (exact) mass is 793 g/mol. The minimum Gasteiger partial charge on any atom is -0.456 e. The second kappa shape index (κ2) is 14.7. The van der Waals surface area contributed by atoms with Crippen LogP contribution in [0.15, 0.2) is 221 Å². The first-order chi connectivity index (χ1) is 30.7. The molecule has 0 amide bonds. The van der Waals surface area contributed by atoms with Crippen LogP contribution in [0.5, 0.6) is 0 Å². The molecule has 12 aromatic rings. The number of nitrogens with zero attached hydrogens (tertiary/aromatic N) is 3. The molecule has 0 fully saturated rings. The van der Waals surface area contributed by atoms with Gasteiger partial charge in [0.2, 0.25) is 0 Å². The predicted molar refractivity (Wildman–Crippen MR) is 252 cm³/mol. The summed E-state index contributed by atoms with van der Waals surface area (Å²) in [5.41, 5.74) is 14.9. The lowest BCUT2D eigenvalue weighted by molar-refractivity contribution is 0.669. The van der Waals surface area contributed by atoms with Crippen LogP contribution in [0.25, 0.3) is 123 Å². The number of benzene rings is 9. The van der Waals surface area contributed by atoms with Gasteiger partial charge in [-0.15, -0.1) is 0 Å². The number of furan rings is 2. The van der Waals surface area contributed by atoms with Gasteiger partial charge in [0.15, 0.2) is 17.5 Å². The largest absolute Gasteiger partial charge is 0.456 e. The average Bonchev–Trinajstić information content (AvgIpc) is 3.93. The van der Waals surface area contributed by atoms with Gasteiger partial charge < -0.3 is 8.83 Å².